The van der Waals surface area contributed by atoms with Crippen molar-refractivity contribution in [1.29, 1.82) is 0 Å². The first-order chi connectivity index (χ1) is 9.70. The molecule has 0 fully saturated rings. The van der Waals surface area contributed by atoms with Crippen molar-refractivity contribution < 1.29 is 0 Å². The minimum Gasteiger partial charge on any atom is -0.316 e. The molecule has 0 amide bonds. The molecule has 5 heteroatoms. The highest BCUT2D eigenvalue weighted by atomic mass is 35.5. The Hall–Kier alpha value is -0.740. The molecule has 2 nitrogen and oxygen atoms in total. The summed E-state index contributed by atoms with van der Waals surface area (Å²) in [5, 5.41) is 4.84. The van der Waals surface area contributed by atoms with Gasteiger partial charge in [0.25, 0.3) is 0 Å². The van der Waals surface area contributed by atoms with E-state index in [0.29, 0.717) is 6.04 Å². The lowest BCUT2D eigenvalue weighted by Crippen LogP contribution is -2.30. The Morgan fingerprint density at radius 3 is 2.70 bits per heavy atom. The molecule has 0 aliphatic rings. The van der Waals surface area contributed by atoms with Gasteiger partial charge < -0.3 is 5.32 Å². The highest BCUT2D eigenvalue weighted by Crippen LogP contribution is 2.27. The van der Waals surface area contributed by atoms with E-state index in [0.717, 1.165) is 32.7 Å². The van der Waals surface area contributed by atoms with E-state index in [9.17, 15) is 0 Å². The van der Waals surface area contributed by atoms with Crippen LogP contribution >= 0.6 is 35.0 Å². The lowest BCUT2D eigenvalue weighted by atomic mass is 10.1. The summed E-state index contributed by atoms with van der Waals surface area (Å²) in [5.74, 6) is 0.929. The van der Waals surface area contributed by atoms with Crippen LogP contribution < -0.4 is 5.32 Å². The van der Waals surface area contributed by atoms with E-state index < -0.39 is 0 Å². The third kappa shape index (κ3) is 4.38. The second-order valence-corrected chi connectivity index (χ2v) is 6.27. The first kappa shape index (κ1) is 15.6. The van der Waals surface area contributed by atoms with Crippen molar-refractivity contribution in [2.75, 3.05) is 12.8 Å². The van der Waals surface area contributed by atoms with E-state index >= 15 is 0 Å². The third-order valence-corrected chi connectivity index (χ3v) is 5.03. The number of likely N-dealkylation sites (N-methyl/N-ethyl adjacent to an activating group) is 1. The minimum atomic E-state index is 0.330. The second kappa shape index (κ2) is 7.89. The summed E-state index contributed by atoms with van der Waals surface area (Å²) in [6.45, 7) is 0. The fourth-order valence-corrected chi connectivity index (χ4v) is 3.37. The highest BCUT2D eigenvalue weighted by Gasteiger charge is 2.11. The van der Waals surface area contributed by atoms with E-state index in [2.05, 4.69) is 10.3 Å². The average molecular weight is 327 g/mol. The predicted molar refractivity (Wildman–Crippen MR) is 88.0 cm³/mol. The summed E-state index contributed by atoms with van der Waals surface area (Å²) >= 11 is 14.1. The molecule has 1 aromatic heterocycles. The predicted octanol–water partition coefficient (Wildman–Crippen LogP) is 4.31. The summed E-state index contributed by atoms with van der Waals surface area (Å²) < 4.78 is 0. The van der Waals surface area contributed by atoms with Crippen molar-refractivity contribution in [3.63, 3.8) is 0 Å². The van der Waals surface area contributed by atoms with Gasteiger partial charge >= 0.3 is 0 Å². The maximum absolute atomic E-state index is 6.17. The Morgan fingerprint density at radius 1 is 1.20 bits per heavy atom. The van der Waals surface area contributed by atoms with Crippen LogP contribution in [0, 0.1) is 0 Å². The zero-order valence-electron chi connectivity index (χ0n) is 11.1. The number of rotatable bonds is 6. The molecular formula is C15H16Cl2N2S. The SMILES string of the molecule is CNC(CSc1ccccc1Cl)Cc1ccncc1Cl. The van der Waals surface area contributed by atoms with Crippen molar-refractivity contribution >= 4 is 35.0 Å². The molecule has 0 saturated carbocycles. The Bertz CT molecular complexity index is 563. The number of nitrogens with one attached hydrogen (secondary N) is 1. The van der Waals surface area contributed by atoms with Crippen LogP contribution in [0.3, 0.4) is 0 Å². The van der Waals surface area contributed by atoms with E-state index in [1.807, 2.05) is 37.4 Å². The standard InChI is InChI=1S/C15H16Cl2N2S/c1-18-12(8-11-6-7-19-9-14(11)17)10-20-15-5-3-2-4-13(15)16/h2-7,9,12,18H,8,10H2,1H3. The molecular weight excluding hydrogens is 311 g/mol. The van der Waals surface area contributed by atoms with Crippen molar-refractivity contribution in [1.82, 2.24) is 10.3 Å². The summed E-state index contributed by atoms with van der Waals surface area (Å²) in [7, 11) is 1.97. The third-order valence-electron chi connectivity index (χ3n) is 3.01. The van der Waals surface area contributed by atoms with Gasteiger partial charge in [0.2, 0.25) is 0 Å². The molecule has 1 unspecified atom stereocenters. The molecule has 0 aliphatic carbocycles. The van der Waals surface area contributed by atoms with Crippen LogP contribution in [0.5, 0.6) is 0 Å². The molecule has 0 radical (unpaired) electrons. The monoisotopic (exact) mass is 326 g/mol. The van der Waals surface area contributed by atoms with Crippen molar-refractivity contribution in [3.8, 4) is 0 Å². The number of halogens is 2. The van der Waals surface area contributed by atoms with Gasteiger partial charge in [-0.05, 0) is 37.2 Å². The number of pyridine rings is 1. The van der Waals surface area contributed by atoms with Crippen LogP contribution in [0.25, 0.3) is 0 Å². The Morgan fingerprint density at radius 2 is 2.00 bits per heavy atom. The van der Waals surface area contributed by atoms with Gasteiger partial charge in [-0.2, -0.15) is 0 Å². The summed E-state index contributed by atoms with van der Waals surface area (Å²) in [4.78, 5) is 5.11. The first-order valence-corrected chi connectivity index (χ1v) is 8.08. The highest BCUT2D eigenvalue weighted by molar-refractivity contribution is 7.99. The Kier molecular flexibility index (Phi) is 6.17. The van der Waals surface area contributed by atoms with E-state index in [4.69, 9.17) is 23.2 Å². The molecule has 1 N–H and O–H groups in total. The van der Waals surface area contributed by atoms with Crippen molar-refractivity contribution in [3.05, 3.63) is 58.3 Å². The molecule has 0 spiro atoms. The summed E-state index contributed by atoms with van der Waals surface area (Å²) in [6.07, 6.45) is 4.33. The largest absolute Gasteiger partial charge is 0.316 e. The van der Waals surface area contributed by atoms with Crippen LogP contribution in [0.2, 0.25) is 10.0 Å². The van der Waals surface area contributed by atoms with Gasteiger partial charge in [0.1, 0.15) is 0 Å². The van der Waals surface area contributed by atoms with Gasteiger partial charge in [-0.1, -0.05) is 35.3 Å². The molecule has 2 aromatic rings. The Balaban J connectivity index is 1.96. The molecule has 106 valence electrons. The average Bonchev–Trinajstić information content (AvgIpc) is 2.47. The summed E-state index contributed by atoms with van der Waals surface area (Å²) in [5.41, 5.74) is 1.11. The lowest BCUT2D eigenvalue weighted by molar-refractivity contribution is 0.617. The van der Waals surface area contributed by atoms with Crippen LogP contribution in [-0.4, -0.2) is 23.8 Å². The molecule has 0 aliphatic heterocycles. The molecule has 1 aromatic carbocycles. The maximum atomic E-state index is 6.17. The number of thioether (sulfide) groups is 1. The van der Waals surface area contributed by atoms with Crippen LogP contribution in [0.1, 0.15) is 5.56 Å². The van der Waals surface area contributed by atoms with Crippen LogP contribution in [-0.2, 0) is 6.42 Å². The van der Waals surface area contributed by atoms with Gasteiger partial charge in [0, 0.05) is 29.1 Å². The number of benzene rings is 1. The molecule has 0 saturated heterocycles. The van der Waals surface area contributed by atoms with E-state index in [-0.39, 0.29) is 0 Å². The van der Waals surface area contributed by atoms with Gasteiger partial charge in [0.05, 0.1) is 10.0 Å². The zero-order chi connectivity index (χ0) is 14.4. The number of hydrogen-bond acceptors (Lipinski definition) is 3. The fraction of sp³-hybridized carbons (Fsp3) is 0.267. The number of hydrogen-bond donors (Lipinski definition) is 1. The van der Waals surface area contributed by atoms with Crippen molar-refractivity contribution in [2.45, 2.75) is 17.4 Å². The Labute approximate surface area is 133 Å². The van der Waals surface area contributed by atoms with Crippen LogP contribution in [0.15, 0.2) is 47.6 Å². The van der Waals surface area contributed by atoms with Crippen molar-refractivity contribution in [2.24, 2.45) is 0 Å². The van der Waals surface area contributed by atoms with Gasteiger partial charge in [0.15, 0.2) is 0 Å². The topological polar surface area (TPSA) is 24.9 Å². The molecule has 2 rings (SSSR count). The number of nitrogens with zero attached hydrogens (tertiary/aromatic N) is 1. The summed E-state index contributed by atoms with van der Waals surface area (Å²) in [6, 6.07) is 10.2. The lowest BCUT2D eigenvalue weighted by Gasteiger charge is -2.16. The van der Waals surface area contributed by atoms with Gasteiger partial charge in [-0.3, -0.25) is 4.98 Å². The zero-order valence-corrected chi connectivity index (χ0v) is 13.5. The van der Waals surface area contributed by atoms with Gasteiger partial charge in [-0.25, -0.2) is 0 Å². The molecule has 0 bridgehead atoms. The fourth-order valence-electron chi connectivity index (χ4n) is 1.83. The maximum Gasteiger partial charge on any atom is 0.0621 e. The number of aromatic nitrogens is 1. The van der Waals surface area contributed by atoms with E-state index in [1.165, 1.54) is 0 Å². The second-order valence-electron chi connectivity index (χ2n) is 4.40. The normalized spacial score (nSPS) is 12.3. The quantitative estimate of drug-likeness (QED) is 0.800. The molecule has 1 atom stereocenters. The minimum absolute atomic E-state index is 0.330. The first-order valence-electron chi connectivity index (χ1n) is 6.33. The van der Waals surface area contributed by atoms with Gasteiger partial charge in [-0.15, -0.1) is 11.8 Å². The smallest absolute Gasteiger partial charge is 0.0621 e. The van der Waals surface area contributed by atoms with E-state index in [1.54, 1.807) is 24.2 Å². The van der Waals surface area contributed by atoms with Crippen LogP contribution in [0.4, 0.5) is 0 Å². The molecule has 1 heterocycles. The molecule has 20 heavy (non-hydrogen) atoms.